The first kappa shape index (κ1) is 15.3. The number of hydrogen-bond donors (Lipinski definition) is 1. The van der Waals surface area contributed by atoms with Crippen LogP contribution in [0.15, 0.2) is 24.3 Å². The number of nitrogens with zero attached hydrogens (tertiary/aromatic N) is 1. The van der Waals surface area contributed by atoms with Gasteiger partial charge in [0.15, 0.2) is 0 Å². The summed E-state index contributed by atoms with van der Waals surface area (Å²) >= 11 is 0. The number of benzene rings is 1. The average Bonchev–Trinajstić information content (AvgIpc) is 3.30. The quantitative estimate of drug-likeness (QED) is 0.933. The number of aliphatic hydroxyl groups excluding tert-OH is 1. The van der Waals surface area contributed by atoms with Gasteiger partial charge in [-0.15, -0.1) is 0 Å². The second kappa shape index (κ2) is 5.58. The molecular formula is C18H25NO3. The van der Waals surface area contributed by atoms with Gasteiger partial charge in [0, 0.05) is 24.4 Å². The van der Waals surface area contributed by atoms with Crippen LogP contribution >= 0.6 is 0 Å². The molecule has 1 aromatic rings. The summed E-state index contributed by atoms with van der Waals surface area (Å²) in [7, 11) is 1.66. The van der Waals surface area contributed by atoms with Crippen LogP contribution in [-0.2, 0) is 4.79 Å². The van der Waals surface area contributed by atoms with Crippen molar-refractivity contribution in [3.8, 4) is 5.75 Å². The Morgan fingerprint density at radius 2 is 2.18 bits per heavy atom. The van der Waals surface area contributed by atoms with E-state index in [-0.39, 0.29) is 23.3 Å². The summed E-state index contributed by atoms with van der Waals surface area (Å²) in [5.41, 5.74) is 0.975. The molecule has 1 aliphatic heterocycles. The average molecular weight is 303 g/mol. The Balaban J connectivity index is 1.65. The lowest BCUT2D eigenvalue weighted by Crippen LogP contribution is -2.51. The summed E-state index contributed by atoms with van der Waals surface area (Å²) < 4.78 is 5.26. The van der Waals surface area contributed by atoms with Crippen molar-refractivity contribution in [3.63, 3.8) is 0 Å². The molecule has 1 unspecified atom stereocenters. The molecule has 4 heteroatoms. The number of methoxy groups -OCH3 is 1. The molecule has 2 fully saturated rings. The molecule has 120 valence electrons. The fourth-order valence-corrected chi connectivity index (χ4v) is 3.48. The van der Waals surface area contributed by atoms with Crippen LogP contribution in [0.2, 0.25) is 0 Å². The molecule has 1 heterocycles. The van der Waals surface area contributed by atoms with Gasteiger partial charge in [-0.05, 0) is 36.5 Å². The minimum Gasteiger partial charge on any atom is -0.497 e. The van der Waals surface area contributed by atoms with Gasteiger partial charge >= 0.3 is 0 Å². The molecule has 0 spiro atoms. The van der Waals surface area contributed by atoms with Crippen LogP contribution in [0.3, 0.4) is 0 Å². The number of piperidine rings is 1. The van der Waals surface area contributed by atoms with E-state index in [1.165, 1.54) is 5.56 Å². The third kappa shape index (κ3) is 2.84. The number of ether oxygens (including phenoxy) is 1. The van der Waals surface area contributed by atoms with Gasteiger partial charge in [0.1, 0.15) is 5.75 Å². The lowest BCUT2D eigenvalue weighted by Gasteiger charge is -2.42. The van der Waals surface area contributed by atoms with Gasteiger partial charge in [0.05, 0.1) is 13.2 Å². The molecule has 4 nitrogen and oxygen atoms in total. The molecule has 22 heavy (non-hydrogen) atoms. The van der Waals surface area contributed by atoms with Gasteiger partial charge in [-0.25, -0.2) is 0 Å². The van der Waals surface area contributed by atoms with Crippen LogP contribution in [0.5, 0.6) is 5.75 Å². The second-order valence-electron chi connectivity index (χ2n) is 7.28. The molecule has 1 aromatic carbocycles. The smallest absolute Gasteiger partial charge is 0.226 e. The zero-order valence-corrected chi connectivity index (χ0v) is 13.6. The summed E-state index contributed by atoms with van der Waals surface area (Å²) in [6, 6.07) is 8.01. The Kier molecular flexibility index (Phi) is 3.89. The SMILES string of the molecule is COc1cccc([C@H]2C[C@@H]2C(=O)N2CCC(O)C(C)(C)C2)c1. The fourth-order valence-electron chi connectivity index (χ4n) is 3.48. The van der Waals surface area contributed by atoms with Crippen LogP contribution in [0, 0.1) is 11.3 Å². The second-order valence-corrected chi connectivity index (χ2v) is 7.28. The number of carbonyl (C=O) groups is 1. The highest BCUT2D eigenvalue weighted by atomic mass is 16.5. The van der Waals surface area contributed by atoms with E-state index in [2.05, 4.69) is 6.07 Å². The Morgan fingerprint density at radius 3 is 2.86 bits per heavy atom. The lowest BCUT2D eigenvalue weighted by molar-refractivity contribution is -0.139. The first-order valence-corrected chi connectivity index (χ1v) is 8.03. The number of amides is 1. The largest absolute Gasteiger partial charge is 0.497 e. The van der Waals surface area contributed by atoms with Crippen LogP contribution in [0.4, 0.5) is 0 Å². The van der Waals surface area contributed by atoms with Crippen molar-refractivity contribution in [1.29, 1.82) is 0 Å². The number of hydrogen-bond acceptors (Lipinski definition) is 3. The summed E-state index contributed by atoms with van der Waals surface area (Å²) in [4.78, 5) is 14.6. The van der Waals surface area contributed by atoms with Gasteiger partial charge in [0.25, 0.3) is 0 Å². The number of carbonyl (C=O) groups excluding carboxylic acids is 1. The van der Waals surface area contributed by atoms with E-state index in [9.17, 15) is 9.90 Å². The zero-order valence-electron chi connectivity index (χ0n) is 13.6. The standard InChI is InChI=1S/C18H25NO3/c1-18(2)11-19(8-7-16(18)20)17(21)15-10-14(15)12-5-4-6-13(9-12)22-3/h4-6,9,14-16,20H,7-8,10-11H2,1-3H3/t14-,15+,16?/m1/s1. The predicted octanol–water partition coefficient (Wildman–Crippen LogP) is 2.42. The van der Waals surface area contributed by atoms with Crippen molar-refractivity contribution in [2.75, 3.05) is 20.2 Å². The summed E-state index contributed by atoms with van der Waals surface area (Å²) in [5, 5.41) is 10.0. The number of aliphatic hydroxyl groups is 1. The van der Waals surface area contributed by atoms with Crippen molar-refractivity contribution in [2.45, 2.75) is 38.7 Å². The number of rotatable bonds is 3. The Morgan fingerprint density at radius 1 is 1.41 bits per heavy atom. The predicted molar refractivity (Wildman–Crippen MR) is 84.8 cm³/mol. The molecule has 2 aliphatic rings. The van der Waals surface area contributed by atoms with E-state index in [1.807, 2.05) is 36.9 Å². The van der Waals surface area contributed by atoms with Crippen molar-refractivity contribution >= 4 is 5.91 Å². The van der Waals surface area contributed by atoms with Gasteiger partial charge in [-0.1, -0.05) is 26.0 Å². The van der Waals surface area contributed by atoms with Gasteiger partial charge in [-0.3, -0.25) is 4.79 Å². The molecule has 0 radical (unpaired) electrons. The van der Waals surface area contributed by atoms with Crippen molar-refractivity contribution in [2.24, 2.45) is 11.3 Å². The zero-order chi connectivity index (χ0) is 15.9. The molecule has 3 atom stereocenters. The Labute approximate surface area is 132 Å². The highest BCUT2D eigenvalue weighted by Crippen LogP contribution is 2.49. The van der Waals surface area contributed by atoms with Crippen LogP contribution in [0.25, 0.3) is 0 Å². The summed E-state index contributed by atoms with van der Waals surface area (Å²) in [5.74, 6) is 1.50. The molecule has 0 bridgehead atoms. The Hall–Kier alpha value is -1.55. The van der Waals surface area contributed by atoms with Crippen LogP contribution < -0.4 is 4.74 Å². The molecule has 1 saturated heterocycles. The van der Waals surface area contributed by atoms with E-state index >= 15 is 0 Å². The van der Waals surface area contributed by atoms with Gasteiger partial charge in [-0.2, -0.15) is 0 Å². The third-order valence-electron chi connectivity index (χ3n) is 5.11. The first-order valence-electron chi connectivity index (χ1n) is 8.03. The summed E-state index contributed by atoms with van der Waals surface area (Å²) in [6.45, 7) is 5.38. The maximum absolute atomic E-state index is 12.7. The minimum absolute atomic E-state index is 0.0955. The van der Waals surface area contributed by atoms with Crippen molar-refractivity contribution in [1.82, 2.24) is 4.90 Å². The maximum Gasteiger partial charge on any atom is 0.226 e. The monoisotopic (exact) mass is 303 g/mol. The van der Waals surface area contributed by atoms with E-state index in [0.29, 0.717) is 25.4 Å². The first-order chi connectivity index (χ1) is 10.4. The third-order valence-corrected chi connectivity index (χ3v) is 5.11. The van der Waals surface area contributed by atoms with E-state index < -0.39 is 0 Å². The van der Waals surface area contributed by atoms with E-state index in [4.69, 9.17) is 4.74 Å². The summed E-state index contributed by atoms with van der Waals surface area (Å²) in [6.07, 6.45) is 1.28. The van der Waals surface area contributed by atoms with Crippen LogP contribution in [0.1, 0.15) is 38.2 Å². The molecule has 0 aromatic heterocycles. The number of likely N-dealkylation sites (tertiary alicyclic amines) is 1. The highest BCUT2D eigenvalue weighted by Gasteiger charge is 2.48. The topological polar surface area (TPSA) is 49.8 Å². The van der Waals surface area contributed by atoms with Crippen molar-refractivity contribution in [3.05, 3.63) is 29.8 Å². The minimum atomic E-state index is -0.315. The fraction of sp³-hybridized carbons (Fsp3) is 0.611. The highest BCUT2D eigenvalue weighted by molar-refractivity contribution is 5.83. The molecular weight excluding hydrogens is 278 g/mol. The lowest BCUT2D eigenvalue weighted by atomic mass is 9.81. The Bertz CT molecular complexity index is 569. The van der Waals surface area contributed by atoms with Crippen LogP contribution in [-0.4, -0.2) is 42.2 Å². The van der Waals surface area contributed by atoms with E-state index in [0.717, 1.165) is 12.2 Å². The van der Waals surface area contributed by atoms with Gasteiger partial charge < -0.3 is 14.7 Å². The molecule has 3 rings (SSSR count). The molecule has 1 amide bonds. The normalized spacial score (nSPS) is 30.0. The maximum atomic E-state index is 12.7. The van der Waals surface area contributed by atoms with Gasteiger partial charge in [0.2, 0.25) is 5.91 Å². The molecule has 1 aliphatic carbocycles. The van der Waals surface area contributed by atoms with Crippen molar-refractivity contribution < 1.29 is 14.6 Å². The molecule has 1 saturated carbocycles. The van der Waals surface area contributed by atoms with E-state index in [1.54, 1.807) is 7.11 Å². The molecule has 1 N–H and O–H groups in total.